The van der Waals surface area contributed by atoms with Crippen LogP contribution >= 0.6 is 0 Å². The number of aryl methyl sites for hydroxylation is 1. The molecule has 0 aromatic heterocycles. The number of quaternary nitrogens is 1. The van der Waals surface area contributed by atoms with Crippen LogP contribution in [0.25, 0.3) is 0 Å². The third kappa shape index (κ3) is 5.61. The lowest BCUT2D eigenvalue weighted by Gasteiger charge is -2.17. The Kier molecular flexibility index (Phi) is 7.46. The Morgan fingerprint density at radius 1 is 0.967 bits per heavy atom. The monoisotopic (exact) mass is 405 g/mol. The molecule has 5 nitrogen and oxygen atoms in total. The first-order chi connectivity index (χ1) is 14.6. The molecule has 5 heteroatoms. The minimum absolute atomic E-state index is 0.0696. The maximum atomic E-state index is 13.2. The van der Waals surface area contributed by atoms with Crippen molar-refractivity contribution in [3.05, 3.63) is 89.5 Å². The van der Waals surface area contributed by atoms with Gasteiger partial charge in [0.25, 0.3) is 5.91 Å². The highest BCUT2D eigenvalue weighted by atomic mass is 16.5. The Bertz CT molecular complexity index is 956. The molecule has 0 aliphatic heterocycles. The average Bonchev–Trinajstić information content (AvgIpc) is 2.78. The lowest BCUT2D eigenvalue weighted by atomic mass is 10.0. The molecule has 0 bridgehead atoms. The fourth-order valence-corrected chi connectivity index (χ4v) is 3.39. The molecule has 0 spiro atoms. The predicted molar refractivity (Wildman–Crippen MR) is 119 cm³/mol. The van der Waals surface area contributed by atoms with E-state index >= 15 is 0 Å². The van der Waals surface area contributed by atoms with Crippen LogP contribution in [0.15, 0.2) is 72.8 Å². The summed E-state index contributed by atoms with van der Waals surface area (Å²) in [6.07, 6.45) is 0.856. The number of methoxy groups -OCH3 is 2. The second-order valence-electron chi connectivity index (χ2n) is 7.20. The van der Waals surface area contributed by atoms with Gasteiger partial charge in [-0.2, -0.15) is 0 Å². The largest absolute Gasteiger partial charge is 0.497 e. The standard InChI is InChI=1S/C25H28N2O3/c1-18-9-14-23(30-3)22(17-18)27-25(28)24(20-7-5-4-6-8-20)26-16-15-19-10-12-21(29-2)13-11-19/h4-14,17,24,26H,15-16H2,1-3H3,(H,27,28)/p+1/t24-/m1/s1. The first-order valence-corrected chi connectivity index (χ1v) is 10.1. The lowest BCUT2D eigenvalue weighted by molar-refractivity contribution is -0.682. The maximum Gasteiger partial charge on any atom is 0.287 e. The summed E-state index contributed by atoms with van der Waals surface area (Å²) < 4.78 is 10.6. The fraction of sp³-hybridized carbons (Fsp3) is 0.240. The number of ether oxygens (including phenoxy) is 2. The smallest absolute Gasteiger partial charge is 0.287 e. The average molecular weight is 406 g/mol. The highest BCUT2D eigenvalue weighted by molar-refractivity contribution is 5.95. The number of carbonyl (C=O) groups is 1. The number of rotatable bonds is 9. The summed E-state index contributed by atoms with van der Waals surface area (Å²) in [6, 6.07) is 23.3. The number of amides is 1. The molecule has 1 amide bonds. The number of nitrogens with one attached hydrogen (secondary N) is 1. The summed E-state index contributed by atoms with van der Waals surface area (Å²) in [6.45, 7) is 2.77. The molecule has 0 heterocycles. The summed E-state index contributed by atoms with van der Waals surface area (Å²) in [4.78, 5) is 13.2. The minimum atomic E-state index is -0.352. The molecule has 0 aliphatic rings. The van der Waals surface area contributed by atoms with E-state index in [4.69, 9.17) is 9.47 Å². The van der Waals surface area contributed by atoms with E-state index in [0.717, 1.165) is 29.8 Å². The molecule has 3 rings (SSSR count). The van der Waals surface area contributed by atoms with Crippen LogP contribution in [0.4, 0.5) is 5.69 Å². The molecule has 3 aromatic carbocycles. The number of benzene rings is 3. The molecule has 3 aromatic rings. The number of hydrogen-bond acceptors (Lipinski definition) is 3. The molecule has 0 fully saturated rings. The second kappa shape index (κ2) is 10.5. The predicted octanol–water partition coefficient (Wildman–Crippen LogP) is 3.50. The van der Waals surface area contributed by atoms with Gasteiger partial charge >= 0.3 is 0 Å². The van der Waals surface area contributed by atoms with Gasteiger partial charge in [0.05, 0.1) is 26.5 Å². The molecule has 0 radical (unpaired) electrons. The summed E-state index contributed by atoms with van der Waals surface area (Å²) in [5.41, 5.74) is 3.92. The Balaban J connectivity index is 1.72. The number of carbonyl (C=O) groups excluding carboxylic acids is 1. The van der Waals surface area contributed by atoms with Crippen molar-refractivity contribution in [2.75, 3.05) is 26.1 Å². The van der Waals surface area contributed by atoms with E-state index in [-0.39, 0.29) is 11.9 Å². The zero-order chi connectivity index (χ0) is 21.3. The minimum Gasteiger partial charge on any atom is -0.497 e. The van der Waals surface area contributed by atoms with Gasteiger partial charge in [-0.3, -0.25) is 4.79 Å². The zero-order valence-electron chi connectivity index (χ0n) is 17.7. The number of nitrogens with two attached hydrogens (primary N) is 1. The van der Waals surface area contributed by atoms with Crippen LogP contribution in [0.3, 0.4) is 0 Å². The van der Waals surface area contributed by atoms with Crippen LogP contribution in [-0.2, 0) is 11.2 Å². The van der Waals surface area contributed by atoms with Gasteiger partial charge in [0.1, 0.15) is 11.5 Å². The van der Waals surface area contributed by atoms with Crippen molar-refractivity contribution in [3.8, 4) is 11.5 Å². The molecular weight excluding hydrogens is 376 g/mol. The molecule has 0 saturated carbocycles. The van der Waals surface area contributed by atoms with Crippen LogP contribution in [0, 0.1) is 6.92 Å². The molecule has 0 unspecified atom stereocenters. The molecular formula is C25H29N2O3+. The lowest BCUT2D eigenvalue weighted by Crippen LogP contribution is -2.87. The van der Waals surface area contributed by atoms with Crippen molar-refractivity contribution < 1.29 is 19.6 Å². The maximum absolute atomic E-state index is 13.2. The number of hydrogen-bond donors (Lipinski definition) is 2. The molecule has 0 saturated heterocycles. The van der Waals surface area contributed by atoms with Crippen LogP contribution < -0.4 is 20.1 Å². The van der Waals surface area contributed by atoms with E-state index < -0.39 is 0 Å². The first-order valence-electron chi connectivity index (χ1n) is 10.1. The van der Waals surface area contributed by atoms with Crippen molar-refractivity contribution in [2.45, 2.75) is 19.4 Å². The van der Waals surface area contributed by atoms with Crippen molar-refractivity contribution in [1.82, 2.24) is 0 Å². The van der Waals surface area contributed by atoms with Gasteiger partial charge in [0, 0.05) is 12.0 Å². The van der Waals surface area contributed by atoms with Crippen molar-refractivity contribution in [3.63, 3.8) is 0 Å². The molecule has 1 atom stereocenters. The van der Waals surface area contributed by atoms with E-state index in [1.807, 2.05) is 67.6 Å². The van der Waals surface area contributed by atoms with E-state index in [1.54, 1.807) is 14.2 Å². The van der Waals surface area contributed by atoms with Gasteiger partial charge < -0.3 is 20.1 Å². The summed E-state index contributed by atoms with van der Waals surface area (Å²) in [7, 11) is 3.27. The van der Waals surface area contributed by atoms with Crippen molar-refractivity contribution >= 4 is 11.6 Å². The third-order valence-electron chi connectivity index (χ3n) is 5.05. The Morgan fingerprint density at radius 2 is 1.70 bits per heavy atom. The number of anilines is 1. The SMILES string of the molecule is COc1ccc(CC[NH2+][C@@H](C(=O)Nc2cc(C)ccc2OC)c2ccccc2)cc1. The van der Waals surface area contributed by atoms with Gasteiger partial charge in [-0.15, -0.1) is 0 Å². The normalized spacial score (nSPS) is 11.6. The second-order valence-corrected chi connectivity index (χ2v) is 7.20. The zero-order valence-corrected chi connectivity index (χ0v) is 17.7. The third-order valence-corrected chi connectivity index (χ3v) is 5.05. The van der Waals surface area contributed by atoms with Crippen LogP contribution in [0.1, 0.15) is 22.7 Å². The van der Waals surface area contributed by atoms with Gasteiger partial charge in [0.15, 0.2) is 6.04 Å². The molecule has 156 valence electrons. The first kappa shape index (κ1) is 21.4. The molecule has 3 N–H and O–H groups in total. The highest BCUT2D eigenvalue weighted by Crippen LogP contribution is 2.26. The highest BCUT2D eigenvalue weighted by Gasteiger charge is 2.24. The van der Waals surface area contributed by atoms with Crippen LogP contribution in [-0.4, -0.2) is 26.7 Å². The Hall–Kier alpha value is -3.31. The van der Waals surface area contributed by atoms with Crippen molar-refractivity contribution in [2.24, 2.45) is 0 Å². The Labute approximate surface area is 178 Å². The summed E-state index contributed by atoms with van der Waals surface area (Å²) in [5, 5.41) is 5.13. The quantitative estimate of drug-likeness (QED) is 0.573. The van der Waals surface area contributed by atoms with Crippen LogP contribution in [0.5, 0.6) is 11.5 Å². The fourth-order valence-electron chi connectivity index (χ4n) is 3.39. The van der Waals surface area contributed by atoms with E-state index in [1.165, 1.54) is 5.56 Å². The van der Waals surface area contributed by atoms with E-state index in [0.29, 0.717) is 11.4 Å². The van der Waals surface area contributed by atoms with Gasteiger partial charge in [-0.1, -0.05) is 48.5 Å². The van der Waals surface area contributed by atoms with E-state index in [2.05, 4.69) is 22.8 Å². The topological polar surface area (TPSA) is 64.2 Å². The summed E-state index contributed by atoms with van der Waals surface area (Å²) in [5.74, 6) is 1.43. The van der Waals surface area contributed by atoms with Crippen molar-refractivity contribution in [1.29, 1.82) is 0 Å². The van der Waals surface area contributed by atoms with Gasteiger partial charge in [0.2, 0.25) is 0 Å². The van der Waals surface area contributed by atoms with Crippen LogP contribution in [0.2, 0.25) is 0 Å². The molecule has 30 heavy (non-hydrogen) atoms. The Morgan fingerprint density at radius 3 is 2.37 bits per heavy atom. The van der Waals surface area contributed by atoms with E-state index in [9.17, 15) is 4.79 Å². The summed E-state index contributed by atoms with van der Waals surface area (Å²) >= 11 is 0. The van der Waals surface area contributed by atoms with Gasteiger partial charge in [-0.05, 0) is 42.3 Å². The van der Waals surface area contributed by atoms with Gasteiger partial charge in [-0.25, -0.2) is 0 Å². The molecule has 0 aliphatic carbocycles.